The Morgan fingerprint density at radius 1 is 1.27 bits per heavy atom. The van der Waals surface area contributed by atoms with Crippen LogP contribution in [-0.2, 0) is 9.59 Å². The van der Waals surface area contributed by atoms with Crippen LogP contribution in [0.5, 0.6) is 0 Å². The number of nitroso groups, excluding NO2 is 1. The second kappa shape index (κ2) is 7.09. The van der Waals surface area contributed by atoms with Crippen molar-refractivity contribution in [3.63, 3.8) is 0 Å². The second-order valence-electron chi connectivity index (χ2n) is 3.71. The molecule has 0 aromatic carbocycles. The van der Waals surface area contributed by atoms with Crippen molar-refractivity contribution < 1.29 is 14.3 Å². The number of ketones is 1. The van der Waals surface area contributed by atoms with Crippen molar-refractivity contribution in [1.29, 1.82) is 0 Å². The van der Waals surface area contributed by atoms with Crippen LogP contribution in [0, 0.1) is 4.91 Å². The van der Waals surface area contributed by atoms with Crippen LogP contribution in [0.3, 0.4) is 0 Å². The van der Waals surface area contributed by atoms with E-state index in [1.54, 1.807) is 0 Å². The molecule has 0 rings (SSSR count). The number of carbonyl (C=O) groups is 2. The van der Waals surface area contributed by atoms with Crippen LogP contribution in [0.4, 0.5) is 0 Å². The van der Waals surface area contributed by atoms with E-state index in [1.165, 1.54) is 20.9 Å². The summed E-state index contributed by atoms with van der Waals surface area (Å²) in [6.07, 6.45) is 2.10. The molecule has 0 aromatic heterocycles. The van der Waals surface area contributed by atoms with E-state index in [0.29, 0.717) is 13.0 Å². The van der Waals surface area contributed by atoms with E-state index >= 15 is 0 Å². The molecule has 0 aliphatic carbocycles. The summed E-state index contributed by atoms with van der Waals surface area (Å²) in [6.45, 7) is 3.31. The summed E-state index contributed by atoms with van der Waals surface area (Å²) in [7, 11) is 1.47. The highest BCUT2D eigenvalue weighted by atomic mass is 16.3. The average Bonchev–Trinajstić information content (AvgIpc) is 2.08. The third-order valence-corrected chi connectivity index (χ3v) is 2.08. The molecule has 1 N–H and O–H groups in total. The fourth-order valence-electron chi connectivity index (χ4n) is 1.31. The zero-order valence-corrected chi connectivity index (χ0v) is 9.58. The Labute approximate surface area is 89.8 Å². The van der Waals surface area contributed by atoms with Gasteiger partial charge in [0, 0.05) is 18.3 Å². The minimum absolute atomic E-state index is 0.0410. The maximum Gasteiger partial charge on any atom is 0.217 e. The maximum atomic E-state index is 11.1. The first kappa shape index (κ1) is 13.7. The number of nitrogens with zero attached hydrogens (tertiary/aromatic N) is 1. The van der Waals surface area contributed by atoms with E-state index in [0.717, 1.165) is 17.6 Å². The normalized spacial score (nSPS) is 11.9. The molecule has 5 nitrogen and oxygen atoms in total. The molecule has 0 aromatic rings. The van der Waals surface area contributed by atoms with Crippen molar-refractivity contribution in [2.45, 2.75) is 39.2 Å². The molecule has 1 amide bonds. The Kier molecular flexibility index (Phi) is 6.49. The second-order valence-corrected chi connectivity index (χ2v) is 3.71. The van der Waals surface area contributed by atoms with Crippen molar-refractivity contribution >= 4 is 11.7 Å². The number of amides is 1. The highest BCUT2D eigenvalue weighted by Gasteiger charge is 2.14. The van der Waals surface area contributed by atoms with Gasteiger partial charge in [0.2, 0.25) is 5.91 Å². The van der Waals surface area contributed by atoms with E-state index in [-0.39, 0.29) is 11.7 Å². The summed E-state index contributed by atoms with van der Waals surface area (Å²) < 4.78 is 0.862. The highest BCUT2D eigenvalue weighted by Crippen LogP contribution is 2.02. The third kappa shape index (κ3) is 7.78. The van der Waals surface area contributed by atoms with E-state index in [4.69, 9.17) is 0 Å². The summed E-state index contributed by atoms with van der Waals surface area (Å²) in [6, 6.07) is -0.403. The molecule has 0 heterocycles. The molecule has 0 radical (unpaired) electrons. The fourth-order valence-corrected chi connectivity index (χ4v) is 1.31. The molecule has 1 atom stereocenters. The van der Waals surface area contributed by atoms with Gasteiger partial charge in [0.05, 0.1) is 6.04 Å². The zero-order valence-electron chi connectivity index (χ0n) is 9.58. The summed E-state index contributed by atoms with van der Waals surface area (Å²) in [4.78, 5) is 32.5. The van der Waals surface area contributed by atoms with Crippen molar-refractivity contribution in [3.8, 4) is 0 Å². The maximum absolute atomic E-state index is 11.1. The molecule has 0 aliphatic rings. The zero-order chi connectivity index (χ0) is 11.8. The van der Waals surface area contributed by atoms with Gasteiger partial charge in [0.25, 0.3) is 0 Å². The molecule has 0 spiro atoms. The Morgan fingerprint density at radius 2 is 1.87 bits per heavy atom. The largest absolute Gasteiger partial charge is 0.347 e. The van der Waals surface area contributed by atoms with Gasteiger partial charge in [-0.15, -0.1) is 0 Å². The number of hydrogen-bond acceptors (Lipinski definition) is 3. The number of Topliss-reactive ketones (excluding diaryl/α,β-unsaturated/α-hetero) is 1. The summed E-state index contributed by atoms with van der Waals surface area (Å²) >= 11 is 0. The van der Waals surface area contributed by atoms with E-state index in [1.807, 2.05) is 0 Å². The number of rotatable bonds is 7. The Bertz CT molecular complexity index is 251. The molecule has 5 heteroatoms. The SMILES string of the molecule is CC(=O)NC(CCCC[N+](C)=O)C(C)=O. The summed E-state index contributed by atoms with van der Waals surface area (Å²) in [5.74, 6) is -0.239. The van der Waals surface area contributed by atoms with Gasteiger partial charge in [0.15, 0.2) is 19.4 Å². The van der Waals surface area contributed by atoms with E-state index in [2.05, 4.69) is 5.32 Å². The first-order valence-electron chi connectivity index (χ1n) is 5.09. The van der Waals surface area contributed by atoms with Crippen LogP contribution in [0.15, 0.2) is 0 Å². The lowest BCUT2D eigenvalue weighted by Gasteiger charge is -2.13. The molecule has 15 heavy (non-hydrogen) atoms. The average molecular weight is 215 g/mol. The summed E-state index contributed by atoms with van der Waals surface area (Å²) in [5.41, 5.74) is 0. The third-order valence-electron chi connectivity index (χ3n) is 2.08. The predicted octanol–water partition coefficient (Wildman–Crippen LogP) is 0.659. The van der Waals surface area contributed by atoms with Crippen LogP contribution in [0.25, 0.3) is 0 Å². The first-order chi connectivity index (χ1) is 6.93. The predicted molar refractivity (Wildman–Crippen MR) is 56.6 cm³/mol. The van der Waals surface area contributed by atoms with Crippen molar-refractivity contribution in [2.75, 3.05) is 13.6 Å². The highest BCUT2D eigenvalue weighted by molar-refractivity contribution is 5.86. The van der Waals surface area contributed by atoms with Gasteiger partial charge in [-0.05, 0) is 24.5 Å². The number of unbranched alkanes of at least 4 members (excludes halogenated alkanes) is 1. The fraction of sp³-hybridized carbons (Fsp3) is 0.800. The minimum atomic E-state index is -0.403. The Hall–Kier alpha value is -1.26. The number of nitrogens with one attached hydrogen (secondary N) is 1. The molecular weight excluding hydrogens is 196 g/mol. The quantitative estimate of drug-likeness (QED) is 0.501. The molecule has 0 fully saturated rings. The van der Waals surface area contributed by atoms with Gasteiger partial charge >= 0.3 is 0 Å². The lowest BCUT2D eigenvalue weighted by atomic mass is 10.1. The topological polar surface area (TPSA) is 66.2 Å². The van der Waals surface area contributed by atoms with Crippen LogP contribution < -0.4 is 5.32 Å². The standard InChI is InChI=1S/C10H18N2O3/c1-8(13)10(11-9(2)14)6-4-5-7-12(3)15/h10H,4-7H2,1-3H3/p+1. The van der Waals surface area contributed by atoms with E-state index in [9.17, 15) is 14.5 Å². The van der Waals surface area contributed by atoms with E-state index < -0.39 is 6.04 Å². The first-order valence-corrected chi connectivity index (χ1v) is 5.09. The molecular formula is C10H19N2O3+. The molecule has 0 bridgehead atoms. The lowest BCUT2D eigenvalue weighted by Crippen LogP contribution is -2.38. The molecule has 0 aliphatic heterocycles. The van der Waals surface area contributed by atoms with Crippen LogP contribution in [0.1, 0.15) is 33.1 Å². The van der Waals surface area contributed by atoms with Crippen LogP contribution in [0.2, 0.25) is 0 Å². The van der Waals surface area contributed by atoms with Gasteiger partial charge in [-0.1, -0.05) is 0 Å². The number of hydrogen-bond donors (Lipinski definition) is 1. The monoisotopic (exact) mass is 215 g/mol. The molecule has 1 unspecified atom stereocenters. The van der Waals surface area contributed by atoms with Gasteiger partial charge in [0.1, 0.15) is 0 Å². The molecule has 0 saturated heterocycles. The summed E-state index contributed by atoms with van der Waals surface area (Å²) in [5, 5.41) is 2.59. The number of carbonyl (C=O) groups excluding carboxylic acids is 2. The van der Waals surface area contributed by atoms with Crippen molar-refractivity contribution in [2.24, 2.45) is 0 Å². The van der Waals surface area contributed by atoms with Gasteiger partial charge in [-0.2, -0.15) is 0 Å². The lowest BCUT2D eigenvalue weighted by molar-refractivity contribution is -0.519. The van der Waals surface area contributed by atoms with Crippen molar-refractivity contribution in [1.82, 2.24) is 5.32 Å². The molecule has 86 valence electrons. The smallest absolute Gasteiger partial charge is 0.217 e. The minimum Gasteiger partial charge on any atom is -0.347 e. The van der Waals surface area contributed by atoms with Crippen LogP contribution >= 0.6 is 0 Å². The van der Waals surface area contributed by atoms with Gasteiger partial charge in [-0.3, -0.25) is 9.59 Å². The molecule has 0 saturated carbocycles. The van der Waals surface area contributed by atoms with Crippen molar-refractivity contribution in [3.05, 3.63) is 4.91 Å². The van der Waals surface area contributed by atoms with Crippen LogP contribution in [-0.4, -0.2) is 36.1 Å². The Morgan fingerprint density at radius 3 is 2.27 bits per heavy atom. The van der Waals surface area contributed by atoms with Gasteiger partial charge < -0.3 is 5.32 Å². The van der Waals surface area contributed by atoms with Gasteiger partial charge in [-0.25, -0.2) is 0 Å². The Balaban J connectivity index is 3.81.